The van der Waals surface area contributed by atoms with Crippen LogP contribution in [-0.4, -0.2) is 44.2 Å². The monoisotopic (exact) mass is 293 g/mol. The van der Waals surface area contributed by atoms with Crippen LogP contribution in [0, 0.1) is 11.7 Å². The summed E-state index contributed by atoms with van der Waals surface area (Å²) in [5.41, 5.74) is 0.595. The third-order valence-electron chi connectivity index (χ3n) is 3.92. The number of likely N-dealkylation sites (tertiary alicyclic amines) is 1. The molecule has 0 bridgehead atoms. The fourth-order valence-electron chi connectivity index (χ4n) is 2.62. The van der Waals surface area contributed by atoms with Crippen LogP contribution < -0.4 is 10.2 Å². The van der Waals surface area contributed by atoms with E-state index in [9.17, 15) is 9.18 Å². The van der Waals surface area contributed by atoms with E-state index in [-0.39, 0.29) is 11.8 Å². The quantitative estimate of drug-likeness (QED) is 0.847. The largest absolute Gasteiger partial charge is 0.372 e. The van der Waals surface area contributed by atoms with Gasteiger partial charge in [0.25, 0.3) is 0 Å². The van der Waals surface area contributed by atoms with Crippen molar-refractivity contribution in [3.63, 3.8) is 0 Å². The highest BCUT2D eigenvalue weighted by atomic mass is 19.1. The van der Waals surface area contributed by atoms with E-state index in [1.54, 1.807) is 12.1 Å². The van der Waals surface area contributed by atoms with Crippen LogP contribution in [0.25, 0.3) is 0 Å². The first-order valence-electron chi connectivity index (χ1n) is 7.56. The molecule has 1 heterocycles. The number of para-hydroxylation sites is 1. The molecule has 1 fully saturated rings. The lowest BCUT2D eigenvalue weighted by atomic mass is 10.2. The Hall–Kier alpha value is -1.78. The molecular weight excluding hydrogens is 269 g/mol. The highest BCUT2D eigenvalue weighted by Gasteiger charge is 2.22. The number of hydrogen-bond acceptors (Lipinski definition) is 2. The molecule has 1 atom stereocenters. The van der Waals surface area contributed by atoms with Crippen molar-refractivity contribution in [1.82, 2.24) is 10.2 Å². The molecule has 116 valence electrons. The van der Waals surface area contributed by atoms with Crippen LogP contribution in [0.15, 0.2) is 24.3 Å². The summed E-state index contributed by atoms with van der Waals surface area (Å²) in [6, 6.07) is 6.75. The Kier molecular flexibility index (Phi) is 5.42. The highest BCUT2D eigenvalue weighted by Crippen LogP contribution is 2.17. The maximum atomic E-state index is 13.6. The number of amides is 2. The Morgan fingerprint density at radius 1 is 1.48 bits per heavy atom. The van der Waals surface area contributed by atoms with Crippen molar-refractivity contribution in [3.8, 4) is 0 Å². The Morgan fingerprint density at radius 2 is 2.24 bits per heavy atom. The maximum Gasteiger partial charge on any atom is 0.317 e. The molecule has 21 heavy (non-hydrogen) atoms. The summed E-state index contributed by atoms with van der Waals surface area (Å²) in [7, 11) is 1.86. The number of rotatable bonds is 5. The zero-order valence-electron chi connectivity index (χ0n) is 12.8. The van der Waals surface area contributed by atoms with E-state index in [0.717, 1.165) is 25.9 Å². The third-order valence-corrected chi connectivity index (χ3v) is 3.92. The van der Waals surface area contributed by atoms with Crippen molar-refractivity contribution >= 4 is 11.7 Å². The van der Waals surface area contributed by atoms with Crippen molar-refractivity contribution in [2.75, 3.05) is 38.1 Å². The van der Waals surface area contributed by atoms with Gasteiger partial charge < -0.3 is 15.1 Å². The van der Waals surface area contributed by atoms with Crippen LogP contribution in [0.1, 0.15) is 19.8 Å². The predicted molar refractivity (Wildman–Crippen MR) is 83.0 cm³/mol. The SMILES string of the molecule is CC1CCN(C(=O)NCCCN(C)c2ccccc2F)C1. The van der Waals surface area contributed by atoms with Gasteiger partial charge in [0.05, 0.1) is 5.69 Å². The molecule has 1 N–H and O–H groups in total. The third kappa shape index (κ3) is 4.34. The van der Waals surface area contributed by atoms with E-state index in [0.29, 0.717) is 24.7 Å². The number of anilines is 1. The first-order chi connectivity index (χ1) is 10.1. The van der Waals surface area contributed by atoms with E-state index in [1.165, 1.54) is 6.07 Å². The Bertz CT molecular complexity index is 480. The molecule has 0 aromatic heterocycles. The molecule has 0 spiro atoms. The van der Waals surface area contributed by atoms with Gasteiger partial charge in [-0.25, -0.2) is 9.18 Å². The van der Waals surface area contributed by atoms with E-state index < -0.39 is 0 Å². The molecule has 1 aliphatic rings. The van der Waals surface area contributed by atoms with Gasteiger partial charge in [-0.15, -0.1) is 0 Å². The van der Waals surface area contributed by atoms with Gasteiger partial charge in [0, 0.05) is 33.2 Å². The Morgan fingerprint density at radius 3 is 2.90 bits per heavy atom. The molecule has 1 aromatic rings. The number of halogens is 1. The molecule has 0 saturated carbocycles. The van der Waals surface area contributed by atoms with Crippen LogP contribution in [0.3, 0.4) is 0 Å². The molecule has 5 heteroatoms. The van der Waals surface area contributed by atoms with Gasteiger partial charge in [-0.2, -0.15) is 0 Å². The molecule has 0 radical (unpaired) electrons. The number of nitrogens with one attached hydrogen (secondary N) is 1. The molecule has 4 nitrogen and oxygen atoms in total. The maximum absolute atomic E-state index is 13.6. The van der Waals surface area contributed by atoms with Crippen molar-refractivity contribution in [1.29, 1.82) is 0 Å². The topological polar surface area (TPSA) is 35.6 Å². The minimum atomic E-state index is -0.213. The van der Waals surface area contributed by atoms with Crippen LogP contribution in [-0.2, 0) is 0 Å². The highest BCUT2D eigenvalue weighted by molar-refractivity contribution is 5.74. The van der Waals surface area contributed by atoms with Crippen molar-refractivity contribution < 1.29 is 9.18 Å². The lowest BCUT2D eigenvalue weighted by Crippen LogP contribution is -2.39. The number of carbonyl (C=O) groups is 1. The number of carbonyl (C=O) groups excluding carboxylic acids is 1. The fourth-order valence-corrected chi connectivity index (χ4v) is 2.62. The summed E-state index contributed by atoms with van der Waals surface area (Å²) in [6.07, 6.45) is 1.88. The summed E-state index contributed by atoms with van der Waals surface area (Å²) >= 11 is 0. The average Bonchev–Trinajstić information content (AvgIpc) is 2.90. The van der Waals surface area contributed by atoms with Gasteiger partial charge in [-0.3, -0.25) is 0 Å². The average molecular weight is 293 g/mol. The molecule has 1 saturated heterocycles. The number of nitrogens with zero attached hydrogens (tertiary/aromatic N) is 2. The molecular formula is C16H24FN3O. The number of urea groups is 1. The molecule has 2 rings (SSSR count). The van der Waals surface area contributed by atoms with Crippen LogP contribution >= 0.6 is 0 Å². The van der Waals surface area contributed by atoms with Gasteiger partial charge in [0.1, 0.15) is 5.82 Å². The smallest absolute Gasteiger partial charge is 0.317 e. The number of benzene rings is 1. The summed E-state index contributed by atoms with van der Waals surface area (Å²) in [4.78, 5) is 15.6. The second-order valence-electron chi connectivity index (χ2n) is 5.80. The second-order valence-corrected chi connectivity index (χ2v) is 5.80. The molecule has 1 aromatic carbocycles. The van der Waals surface area contributed by atoms with Crippen LogP contribution in [0.5, 0.6) is 0 Å². The first-order valence-corrected chi connectivity index (χ1v) is 7.56. The van der Waals surface area contributed by atoms with E-state index in [4.69, 9.17) is 0 Å². The summed E-state index contributed by atoms with van der Waals surface area (Å²) in [6.45, 7) is 5.18. The molecule has 1 aliphatic heterocycles. The van der Waals surface area contributed by atoms with Gasteiger partial charge in [0.15, 0.2) is 0 Å². The molecule has 0 aliphatic carbocycles. The number of hydrogen-bond donors (Lipinski definition) is 1. The lowest BCUT2D eigenvalue weighted by molar-refractivity contribution is 0.207. The molecule has 1 unspecified atom stereocenters. The van der Waals surface area contributed by atoms with E-state index >= 15 is 0 Å². The Labute approximate surface area is 125 Å². The summed E-state index contributed by atoms with van der Waals surface area (Å²) in [5, 5.41) is 2.93. The van der Waals surface area contributed by atoms with Gasteiger partial charge in [-0.1, -0.05) is 19.1 Å². The summed E-state index contributed by atoms with van der Waals surface area (Å²) in [5.74, 6) is 0.387. The van der Waals surface area contributed by atoms with Crippen molar-refractivity contribution in [2.24, 2.45) is 5.92 Å². The van der Waals surface area contributed by atoms with Gasteiger partial charge in [-0.05, 0) is 30.9 Å². The van der Waals surface area contributed by atoms with Crippen LogP contribution in [0.2, 0.25) is 0 Å². The lowest BCUT2D eigenvalue weighted by Gasteiger charge is -2.21. The minimum Gasteiger partial charge on any atom is -0.372 e. The van der Waals surface area contributed by atoms with Crippen LogP contribution in [0.4, 0.5) is 14.9 Å². The second kappa shape index (κ2) is 7.29. The zero-order valence-corrected chi connectivity index (χ0v) is 12.8. The van der Waals surface area contributed by atoms with Crippen molar-refractivity contribution in [3.05, 3.63) is 30.1 Å². The standard InChI is InChI=1S/C16H24FN3O/c1-13-8-11-20(12-13)16(21)18-9-5-10-19(2)15-7-4-3-6-14(15)17/h3-4,6-7,13H,5,8-12H2,1-2H3,(H,18,21). The fraction of sp³-hybridized carbons (Fsp3) is 0.562. The predicted octanol–water partition coefficient (Wildman–Crippen LogP) is 2.70. The van der Waals surface area contributed by atoms with Gasteiger partial charge in [0.2, 0.25) is 0 Å². The van der Waals surface area contributed by atoms with E-state index in [1.807, 2.05) is 22.9 Å². The normalized spacial score (nSPS) is 17.9. The Balaban J connectivity index is 1.68. The molecule has 2 amide bonds. The minimum absolute atomic E-state index is 0.0212. The van der Waals surface area contributed by atoms with E-state index in [2.05, 4.69) is 12.2 Å². The summed E-state index contributed by atoms with van der Waals surface area (Å²) < 4.78 is 13.6. The van der Waals surface area contributed by atoms with Crippen molar-refractivity contribution in [2.45, 2.75) is 19.8 Å². The van der Waals surface area contributed by atoms with Gasteiger partial charge >= 0.3 is 6.03 Å². The zero-order chi connectivity index (χ0) is 15.2. The first kappa shape index (κ1) is 15.6.